The molecule has 0 saturated heterocycles. The van der Waals surface area contributed by atoms with Crippen molar-refractivity contribution in [3.63, 3.8) is 0 Å². The summed E-state index contributed by atoms with van der Waals surface area (Å²) in [6, 6.07) is 16.1. The second kappa shape index (κ2) is 7.67. The molecule has 0 aliphatic carbocycles. The molecule has 0 aliphatic heterocycles. The topological polar surface area (TPSA) is 55.2 Å². The molecular weight excluding hydrogens is 371 g/mol. The third kappa shape index (κ3) is 4.11. The standard InChI is InChI=1S/C20H16F3N3O2/c1-25(13-14-7-5-6-10-16(14)20(21,22)23)19(28)17-11-12-18(27)26(24-17)15-8-3-2-4-9-15/h2-12H,13H2,1H3. The number of rotatable bonds is 4. The van der Waals surface area contributed by atoms with Gasteiger partial charge in [0.05, 0.1) is 11.3 Å². The zero-order chi connectivity index (χ0) is 20.3. The van der Waals surface area contributed by atoms with Gasteiger partial charge in [0.25, 0.3) is 11.5 Å². The summed E-state index contributed by atoms with van der Waals surface area (Å²) in [5, 5.41) is 4.07. The lowest BCUT2D eigenvalue weighted by Crippen LogP contribution is -2.31. The summed E-state index contributed by atoms with van der Waals surface area (Å²) in [4.78, 5) is 25.9. The van der Waals surface area contributed by atoms with Gasteiger partial charge in [0.1, 0.15) is 5.69 Å². The van der Waals surface area contributed by atoms with Crippen molar-refractivity contribution in [2.24, 2.45) is 0 Å². The van der Waals surface area contributed by atoms with E-state index < -0.39 is 23.2 Å². The molecule has 0 fully saturated rings. The summed E-state index contributed by atoms with van der Waals surface area (Å²) < 4.78 is 40.5. The molecule has 8 heteroatoms. The van der Waals surface area contributed by atoms with Gasteiger partial charge < -0.3 is 4.90 Å². The van der Waals surface area contributed by atoms with Crippen molar-refractivity contribution in [3.8, 4) is 5.69 Å². The Labute approximate surface area is 158 Å². The highest BCUT2D eigenvalue weighted by atomic mass is 19.4. The second-order valence-electron chi connectivity index (χ2n) is 6.12. The fraction of sp³-hybridized carbons (Fsp3) is 0.150. The van der Waals surface area contributed by atoms with Gasteiger partial charge in [-0.3, -0.25) is 9.59 Å². The highest BCUT2D eigenvalue weighted by Gasteiger charge is 2.33. The average Bonchev–Trinajstić information content (AvgIpc) is 2.68. The van der Waals surface area contributed by atoms with Crippen LogP contribution in [-0.2, 0) is 12.7 Å². The van der Waals surface area contributed by atoms with Crippen LogP contribution in [0.15, 0.2) is 71.5 Å². The molecule has 0 N–H and O–H groups in total. The van der Waals surface area contributed by atoms with E-state index in [1.807, 2.05) is 0 Å². The van der Waals surface area contributed by atoms with Gasteiger partial charge >= 0.3 is 6.18 Å². The predicted octanol–water partition coefficient (Wildman–Crippen LogP) is 3.52. The van der Waals surface area contributed by atoms with E-state index >= 15 is 0 Å². The monoisotopic (exact) mass is 387 g/mol. The van der Waals surface area contributed by atoms with Crippen molar-refractivity contribution in [1.82, 2.24) is 14.7 Å². The zero-order valence-corrected chi connectivity index (χ0v) is 14.8. The van der Waals surface area contributed by atoms with Crippen LogP contribution >= 0.6 is 0 Å². The quantitative estimate of drug-likeness (QED) is 0.688. The molecule has 3 rings (SSSR count). The summed E-state index contributed by atoms with van der Waals surface area (Å²) in [6.07, 6.45) is -4.51. The zero-order valence-electron chi connectivity index (χ0n) is 14.8. The van der Waals surface area contributed by atoms with E-state index in [2.05, 4.69) is 5.10 Å². The van der Waals surface area contributed by atoms with Crippen LogP contribution in [0.2, 0.25) is 0 Å². The van der Waals surface area contributed by atoms with Gasteiger partial charge in [-0.05, 0) is 29.8 Å². The van der Waals surface area contributed by atoms with E-state index in [1.54, 1.807) is 30.3 Å². The number of carbonyl (C=O) groups excluding carboxylic acids is 1. The fourth-order valence-corrected chi connectivity index (χ4v) is 2.74. The minimum absolute atomic E-state index is 0.0257. The Bertz CT molecular complexity index is 1050. The van der Waals surface area contributed by atoms with E-state index in [0.29, 0.717) is 5.69 Å². The van der Waals surface area contributed by atoms with Crippen LogP contribution in [-0.4, -0.2) is 27.6 Å². The number of carbonyl (C=O) groups is 1. The lowest BCUT2D eigenvalue weighted by atomic mass is 10.1. The highest BCUT2D eigenvalue weighted by molar-refractivity contribution is 5.91. The van der Waals surface area contributed by atoms with Gasteiger partial charge in [-0.2, -0.15) is 23.0 Å². The molecule has 0 spiro atoms. The Kier molecular flexibility index (Phi) is 5.30. The smallest absolute Gasteiger partial charge is 0.336 e. The van der Waals surface area contributed by atoms with Gasteiger partial charge in [0.2, 0.25) is 0 Å². The maximum Gasteiger partial charge on any atom is 0.416 e. The Morgan fingerprint density at radius 2 is 1.64 bits per heavy atom. The van der Waals surface area contributed by atoms with Crippen molar-refractivity contribution >= 4 is 5.91 Å². The first-order valence-corrected chi connectivity index (χ1v) is 8.34. The Morgan fingerprint density at radius 3 is 2.32 bits per heavy atom. The third-order valence-corrected chi connectivity index (χ3v) is 4.10. The van der Waals surface area contributed by atoms with E-state index in [-0.39, 0.29) is 17.8 Å². The van der Waals surface area contributed by atoms with Gasteiger partial charge in [-0.1, -0.05) is 36.4 Å². The summed E-state index contributed by atoms with van der Waals surface area (Å²) in [5.41, 5.74) is -0.811. The molecule has 0 saturated carbocycles. The SMILES string of the molecule is CN(Cc1ccccc1C(F)(F)F)C(=O)c1ccc(=O)n(-c2ccccc2)n1. The molecule has 1 heterocycles. The molecule has 2 aromatic carbocycles. The third-order valence-electron chi connectivity index (χ3n) is 4.10. The van der Waals surface area contributed by atoms with Crippen LogP contribution in [0.3, 0.4) is 0 Å². The first-order chi connectivity index (χ1) is 13.3. The van der Waals surface area contributed by atoms with E-state index in [1.165, 1.54) is 37.4 Å². The van der Waals surface area contributed by atoms with Crippen LogP contribution in [0.4, 0.5) is 13.2 Å². The molecule has 0 radical (unpaired) electrons. The summed E-state index contributed by atoms with van der Waals surface area (Å²) in [6.45, 7) is -0.249. The first-order valence-electron chi connectivity index (χ1n) is 8.34. The number of benzene rings is 2. The number of halogens is 3. The number of amides is 1. The van der Waals surface area contributed by atoms with Crippen LogP contribution in [0.5, 0.6) is 0 Å². The minimum atomic E-state index is -4.51. The summed E-state index contributed by atoms with van der Waals surface area (Å²) >= 11 is 0. The Balaban J connectivity index is 1.88. The van der Waals surface area contributed by atoms with Gasteiger partial charge in [-0.25, -0.2) is 0 Å². The molecule has 28 heavy (non-hydrogen) atoms. The molecule has 0 atom stereocenters. The second-order valence-corrected chi connectivity index (χ2v) is 6.12. The summed E-state index contributed by atoms with van der Waals surface area (Å²) in [5.74, 6) is -0.596. The molecular formula is C20H16F3N3O2. The number of nitrogens with zero attached hydrogens (tertiary/aromatic N) is 3. The molecule has 0 bridgehead atoms. The maximum absolute atomic E-state index is 13.2. The van der Waals surface area contributed by atoms with Gasteiger partial charge in [0.15, 0.2) is 0 Å². The molecule has 3 aromatic rings. The van der Waals surface area contributed by atoms with Crippen LogP contribution in [0, 0.1) is 0 Å². The molecule has 0 aliphatic rings. The Hall–Kier alpha value is -3.42. The largest absolute Gasteiger partial charge is 0.416 e. The molecule has 1 aromatic heterocycles. The summed E-state index contributed by atoms with van der Waals surface area (Å²) in [7, 11) is 1.38. The van der Waals surface area contributed by atoms with Crippen LogP contribution in [0.25, 0.3) is 5.69 Å². The van der Waals surface area contributed by atoms with Crippen molar-refractivity contribution in [1.29, 1.82) is 0 Å². The molecule has 0 unspecified atom stereocenters. The number of alkyl halides is 3. The lowest BCUT2D eigenvalue weighted by Gasteiger charge is -2.20. The number of hydrogen-bond donors (Lipinski definition) is 0. The number of para-hydroxylation sites is 1. The Morgan fingerprint density at radius 1 is 1.00 bits per heavy atom. The lowest BCUT2D eigenvalue weighted by molar-refractivity contribution is -0.138. The van der Waals surface area contributed by atoms with E-state index in [0.717, 1.165) is 15.6 Å². The van der Waals surface area contributed by atoms with Gasteiger partial charge in [-0.15, -0.1) is 0 Å². The fourth-order valence-electron chi connectivity index (χ4n) is 2.74. The normalized spacial score (nSPS) is 11.3. The maximum atomic E-state index is 13.2. The van der Waals surface area contributed by atoms with Crippen molar-refractivity contribution in [2.45, 2.75) is 12.7 Å². The van der Waals surface area contributed by atoms with E-state index in [4.69, 9.17) is 0 Å². The number of aromatic nitrogens is 2. The molecule has 144 valence electrons. The first kappa shape index (κ1) is 19.3. The predicted molar refractivity (Wildman–Crippen MR) is 97.1 cm³/mol. The highest BCUT2D eigenvalue weighted by Crippen LogP contribution is 2.32. The van der Waals surface area contributed by atoms with Crippen LogP contribution < -0.4 is 5.56 Å². The molecule has 5 nitrogen and oxygen atoms in total. The van der Waals surface area contributed by atoms with Crippen molar-refractivity contribution < 1.29 is 18.0 Å². The van der Waals surface area contributed by atoms with Crippen molar-refractivity contribution in [3.05, 3.63) is 93.9 Å². The number of hydrogen-bond acceptors (Lipinski definition) is 3. The minimum Gasteiger partial charge on any atom is -0.336 e. The van der Waals surface area contributed by atoms with Crippen molar-refractivity contribution in [2.75, 3.05) is 7.05 Å². The van der Waals surface area contributed by atoms with Crippen LogP contribution in [0.1, 0.15) is 21.6 Å². The molecule has 1 amide bonds. The van der Waals surface area contributed by atoms with E-state index in [9.17, 15) is 22.8 Å². The average molecular weight is 387 g/mol. The van der Waals surface area contributed by atoms with Gasteiger partial charge in [0, 0.05) is 19.7 Å².